The van der Waals surface area contributed by atoms with Crippen LogP contribution in [-0.2, 0) is 14.8 Å². The summed E-state index contributed by atoms with van der Waals surface area (Å²) in [5, 5.41) is 2.92. The standard InChI is InChI=1S/C25H26N2O6S/c1-17(18-13-14-22(31-2)23(15-18)32-3)26-25(28)24-16-27(20-11-7-8-12-21(20)33-24)34(29,30)19-9-5-4-6-10-19/h4-15,17,24H,16H2,1-3H3,(H,26,28)/t17-,24+/m0/s1. The second kappa shape index (κ2) is 9.64. The van der Waals surface area contributed by atoms with E-state index in [1.54, 1.807) is 68.8 Å². The number of para-hydroxylation sites is 2. The fourth-order valence-electron chi connectivity index (χ4n) is 3.80. The molecular formula is C25H26N2O6S. The Hall–Kier alpha value is -3.72. The summed E-state index contributed by atoms with van der Waals surface area (Å²) in [4.78, 5) is 13.3. The first-order chi connectivity index (χ1) is 16.3. The zero-order valence-electron chi connectivity index (χ0n) is 19.1. The molecule has 1 heterocycles. The topological polar surface area (TPSA) is 94.2 Å². The number of carbonyl (C=O) groups excluding carboxylic acids is 1. The summed E-state index contributed by atoms with van der Waals surface area (Å²) in [5.74, 6) is 1.03. The van der Waals surface area contributed by atoms with Crippen LogP contribution in [0, 0.1) is 0 Å². The summed E-state index contributed by atoms with van der Waals surface area (Å²) >= 11 is 0. The maximum Gasteiger partial charge on any atom is 0.264 e. The molecule has 0 radical (unpaired) electrons. The molecule has 0 aromatic heterocycles. The van der Waals surface area contributed by atoms with Gasteiger partial charge in [-0.05, 0) is 48.9 Å². The average Bonchev–Trinajstić information content (AvgIpc) is 2.87. The molecule has 1 N–H and O–H groups in total. The first-order valence-electron chi connectivity index (χ1n) is 10.7. The third-order valence-electron chi connectivity index (χ3n) is 5.62. The Bertz CT molecular complexity index is 1280. The first kappa shape index (κ1) is 23.4. The van der Waals surface area contributed by atoms with Crippen LogP contribution in [0.5, 0.6) is 17.2 Å². The van der Waals surface area contributed by atoms with Crippen molar-refractivity contribution in [3.05, 3.63) is 78.4 Å². The van der Waals surface area contributed by atoms with Gasteiger partial charge in [-0.15, -0.1) is 0 Å². The molecule has 0 unspecified atom stereocenters. The van der Waals surface area contributed by atoms with E-state index >= 15 is 0 Å². The van der Waals surface area contributed by atoms with E-state index in [0.717, 1.165) is 5.56 Å². The van der Waals surface area contributed by atoms with Gasteiger partial charge < -0.3 is 19.5 Å². The van der Waals surface area contributed by atoms with Crippen LogP contribution < -0.4 is 23.8 Å². The predicted molar refractivity (Wildman–Crippen MR) is 128 cm³/mol. The monoisotopic (exact) mass is 482 g/mol. The number of fused-ring (bicyclic) bond motifs is 1. The lowest BCUT2D eigenvalue weighted by molar-refractivity contribution is -0.128. The smallest absolute Gasteiger partial charge is 0.264 e. The number of methoxy groups -OCH3 is 2. The lowest BCUT2D eigenvalue weighted by Crippen LogP contribution is -2.51. The van der Waals surface area contributed by atoms with Gasteiger partial charge >= 0.3 is 0 Å². The molecule has 178 valence electrons. The number of hydrogen-bond donors (Lipinski definition) is 1. The Morgan fingerprint density at radius 2 is 1.68 bits per heavy atom. The van der Waals surface area contributed by atoms with Crippen molar-refractivity contribution in [3.63, 3.8) is 0 Å². The van der Waals surface area contributed by atoms with Crippen molar-refractivity contribution in [1.29, 1.82) is 0 Å². The molecule has 1 aliphatic rings. The van der Waals surface area contributed by atoms with E-state index in [9.17, 15) is 13.2 Å². The van der Waals surface area contributed by atoms with E-state index in [-0.39, 0.29) is 17.5 Å². The van der Waals surface area contributed by atoms with Gasteiger partial charge in [-0.1, -0.05) is 36.4 Å². The zero-order valence-corrected chi connectivity index (χ0v) is 19.9. The SMILES string of the molecule is COc1ccc([C@H](C)NC(=O)[C@H]2CN(S(=O)(=O)c3ccccc3)c3ccccc3O2)cc1OC. The van der Waals surface area contributed by atoms with Crippen LogP contribution in [0.3, 0.4) is 0 Å². The summed E-state index contributed by atoms with van der Waals surface area (Å²) in [6.07, 6.45) is -1.03. The van der Waals surface area contributed by atoms with Crippen LogP contribution in [0.15, 0.2) is 77.7 Å². The van der Waals surface area contributed by atoms with Crippen molar-refractivity contribution in [2.45, 2.75) is 24.0 Å². The van der Waals surface area contributed by atoms with E-state index in [1.165, 1.54) is 16.4 Å². The van der Waals surface area contributed by atoms with E-state index in [1.807, 2.05) is 13.0 Å². The van der Waals surface area contributed by atoms with Crippen molar-refractivity contribution in [2.75, 3.05) is 25.1 Å². The minimum Gasteiger partial charge on any atom is -0.493 e. The van der Waals surface area contributed by atoms with Crippen molar-refractivity contribution in [2.24, 2.45) is 0 Å². The van der Waals surface area contributed by atoms with Crippen LogP contribution >= 0.6 is 0 Å². The number of rotatable bonds is 7. The molecule has 1 amide bonds. The predicted octanol–water partition coefficient (Wildman–Crippen LogP) is 3.54. The molecule has 3 aromatic carbocycles. The average molecular weight is 483 g/mol. The molecule has 0 spiro atoms. The maximum absolute atomic E-state index is 13.4. The van der Waals surface area contributed by atoms with E-state index < -0.39 is 22.0 Å². The van der Waals surface area contributed by atoms with Gasteiger partial charge in [0.15, 0.2) is 17.6 Å². The van der Waals surface area contributed by atoms with Crippen molar-refractivity contribution >= 4 is 21.6 Å². The highest BCUT2D eigenvalue weighted by molar-refractivity contribution is 7.92. The number of nitrogens with zero attached hydrogens (tertiary/aromatic N) is 1. The second-order valence-corrected chi connectivity index (χ2v) is 9.63. The molecule has 0 aliphatic carbocycles. The van der Waals surface area contributed by atoms with Crippen LogP contribution in [0.4, 0.5) is 5.69 Å². The van der Waals surface area contributed by atoms with Crippen LogP contribution in [0.25, 0.3) is 0 Å². The van der Waals surface area contributed by atoms with Gasteiger partial charge in [0.1, 0.15) is 5.75 Å². The minimum atomic E-state index is -3.90. The molecule has 0 saturated heterocycles. The summed E-state index contributed by atoms with van der Waals surface area (Å²) in [5.41, 5.74) is 1.19. The fourth-order valence-corrected chi connectivity index (χ4v) is 5.29. The normalized spacial score (nSPS) is 16.1. The molecule has 9 heteroatoms. The summed E-state index contributed by atoms with van der Waals surface area (Å²) in [6.45, 7) is 1.67. The quantitative estimate of drug-likeness (QED) is 0.554. The zero-order chi connectivity index (χ0) is 24.3. The molecule has 3 aromatic rings. The van der Waals surface area contributed by atoms with Crippen molar-refractivity contribution in [1.82, 2.24) is 5.32 Å². The Kier molecular flexibility index (Phi) is 6.65. The highest BCUT2D eigenvalue weighted by Gasteiger charge is 2.37. The van der Waals surface area contributed by atoms with Gasteiger partial charge in [-0.2, -0.15) is 0 Å². The summed E-state index contributed by atoms with van der Waals surface area (Å²) in [6, 6.07) is 19.9. The number of hydrogen-bond acceptors (Lipinski definition) is 6. The Morgan fingerprint density at radius 3 is 2.38 bits per heavy atom. The van der Waals surface area contributed by atoms with E-state index in [2.05, 4.69) is 5.32 Å². The summed E-state index contributed by atoms with van der Waals surface area (Å²) < 4.78 is 44.6. The number of anilines is 1. The third-order valence-corrected chi connectivity index (χ3v) is 7.42. The van der Waals surface area contributed by atoms with E-state index in [4.69, 9.17) is 14.2 Å². The molecule has 4 rings (SSSR count). The van der Waals surface area contributed by atoms with Gasteiger partial charge in [0.2, 0.25) is 0 Å². The number of sulfonamides is 1. The second-order valence-electron chi connectivity index (χ2n) is 7.77. The lowest BCUT2D eigenvalue weighted by atomic mass is 10.1. The van der Waals surface area contributed by atoms with Gasteiger partial charge in [0.25, 0.3) is 15.9 Å². The fraction of sp³-hybridized carbons (Fsp3) is 0.240. The largest absolute Gasteiger partial charge is 0.493 e. The molecule has 2 atom stereocenters. The minimum absolute atomic E-state index is 0.143. The number of benzene rings is 3. The number of ether oxygens (including phenoxy) is 3. The highest BCUT2D eigenvalue weighted by atomic mass is 32.2. The number of nitrogens with one attached hydrogen (secondary N) is 1. The van der Waals surface area contributed by atoms with Crippen molar-refractivity contribution in [3.8, 4) is 17.2 Å². The van der Waals surface area contributed by atoms with Gasteiger partial charge in [-0.25, -0.2) is 8.42 Å². The molecular weight excluding hydrogens is 456 g/mol. The van der Waals surface area contributed by atoms with E-state index in [0.29, 0.717) is 22.9 Å². The van der Waals surface area contributed by atoms with Gasteiger partial charge in [-0.3, -0.25) is 9.10 Å². The Balaban J connectivity index is 1.59. The van der Waals surface area contributed by atoms with Gasteiger partial charge in [0, 0.05) is 0 Å². The number of amides is 1. The van der Waals surface area contributed by atoms with Crippen LogP contribution in [0.1, 0.15) is 18.5 Å². The number of carbonyl (C=O) groups is 1. The highest BCUT2D eigenvalue weighted by Crippen LogP contribution is 2.37. The molecule has 8 nitrogen and oxygen atoms in total. The maximum atomic E-state index is 13.4. The molecule has 1 aliphatic heterocycles. The Labute approximate surface area is 199 Å². The van der Waals surface area contributed by atoms with Crippen LogP contribution in [0.2, 0.25) is 0 Å². The van der Waals surface area contributed by atoms with Crippen LogP contribution in [-0.4, -0.2) is 41.2 Å². The summed E-state index contributed by atoms with van der Waals surface area (Å²) in [7, 11) is -0.803. The molecule has 0 saturated carbocycles. The molecule has 34 heavy (non-hydrogen) atoms. The van der Waals surface area contributed by atoms with Crippen molar-refractivity contribution < 1.29 is 27.4 Å². The first-order valence-corrected chi connectivity index (χ1v) is 12.1. The molecule has 0 bridgehead atoms. The Morgan fingerprint density at radius 1 is 1.00 bits per heavy atom. The molecule has 0 fully saturated rings. The third kappa shape index (κ3) is 4.51. The lowest BCUT2D eigenvalue weighted by Gasteiger charge is -2.35. The van der Waals surface area contributed by atoms with Gasteiger partial charge in [0.05, 0.1) is 37.4 Å².